The molecule has 112 valence electrons. The topological polar surface area (TPSA) is 53.2 Å². The molecule has 2 aromatic rings. The number of para-hydroxylation sites is 1. The smallest absolute Gasteiger partial charge is 0.248 e. The molecule has 0 saturated carbocycles. The number of benzene rings is 1. The van der Waals surface area contributed by atoms with Crippen LogP contribution in [-0.2, 0) is 11.3 Å². The van der Waals surface area contributed by atoms with Crippen molar-refractivity contribution in [2.24, 2.45) is 5.92 Å². The van der Waals surface area contributed by atoms with Crippen LogP contribution >= 0.6 is 0 Å². The summed E-state index contributed by atoms with van der Waals surface area (Å²) < 4.78 is 0. The minimum absolute atomic E-state index is 0.0586. The van der Waals surface area contributed by atoms with Crippen molar-refractivity contribution in [2.45, 2.75) is 33.2 Å². The van der Waals surface area contributed by atoms with Gasteiger partial charge < -0.3 is 9.88 Å². The Morgan fingerprint density at radius 1 is 1.24 bits per heavy atom. The fourth-order valence-corrected chi connectivity index (χ4v) is 2.69. The zero-order chi connectivity index (χ0) is 15.4. The van der Waals surface area contributed by atoms with E-state index >= 15 is 0 Å². The van der Waals surface area contributed by atoms with Crippen molar-refractivity contribution >= 4 is 16.8 Å². The molecular formula is C17H22N2O2. The van der Waals surface area contributed by atoms with Gasteiger partial charge in [0, 0.05) is 36.5 Å². The number of fused-ring (bicyclic) bond motifs is 1. The molecule has 1 aromatic heterocycles. The third-order valence-electron chi connectivity index (χ3n) is 3.95. The molecule has 0 fully saturated rings. The first-order chi connectivity index (χ1) is 10.1. The van der Waals surface area contributed by atoms with Crippen LogP contribution in [0.15, 0.2) is 35.1 Å². The first-order valence-electron chi connectivity index (χ1n) is 7.42. The maximum absolute atomic E-state index is 12.4. The van der Waals surface area contributed by atoms with Gasteiger partial charge in [-0.3, -0.25) is 9.59 Å². The van der Waals surface area contributed by atoms with E-state index in [1.165, 1.54) is 0 Å². The van der Waals surface area contributed by atoms with Gasteiger partial charge in [-0.25, -0.2) is 0 Å². The zero-order valence-electron chi connectivity index (χ0n) is 12.8. The van der Waals surface area contributed by atoms with Gasteiger partial charge in [-0.1, -0.05) is 32.0 Å². The average Bonchev–Trinajstić information content (AvgIpc) is 2.48. The van der Waals surface area contributed by atoms with Crippen LogP contribution in [0.2, 0.25) is 0 Å². The highest BCUT2D eigenvalue weighted by Crippen LogP contribution is 2.18. The van der Waals surface area contributed by atoms with E-state index in [1.807, 2.05) is 38.1 Å². The maximum Gasteiger partial charge on any atom is 0.248 e. The lowest BCUT2D eigenvalue weighted by Gasteiger charge is -2.22. The molecule has 0 spiro atoms. The molecule has 0 unspecified atom stereocenters. The number of amides is 1. The molecular weight excluding hydrogens is 264 g/mol. The van der Waals surface area contributed by atoms with E-state index in [2.05, 4.69) is 4.98 Å². The summed E-state index contributed by atoms with van der Waals surface area (Å²) in [4.78, 5) is 28.7. The number of pyridine rings is 1. The minimum Gasteiger partial charge on any atom is -0.341 e. The number of aromatic nitrogens is 1. The van der Waals surface area contributed by atoms with Crippen molar-refractivity contribution in [2.75, 3.05) is 7.05 Å². The summed E-state index contributed by atoms with van der Waals surface area (Å²) in [7, 11) is 1.80. The van der Waals surface area contributed by atoms with Gasteiger partial charge in [0.1, 0.15) is 0 Å². The number of rotatable bonds is 5. The Kier molecular flexibility index (Phi) is 4.78. The monoisotopic (exact) mass is 286 g/mol. The number of carbonyl (C=O) groups excluding carboxylic acids is 1. The summed E-state index contributed by atoms with van der Waals surface area (Å²) >= 11 is 0. The van der Waals surface area contributed by atoms with Gasteiger partial charge in [-0.05, 0) is 24.5 Å². The SMILES string of the molecule is CCC(CC)C(=O)N(C)Cc1cc(=O)[nH]c2ccccc12. The lowest BCUT2D eigenvalue weighted by Crippen LogP contribution is -2.32. The summed E-state index contributed by atoms with van der Waals surface area (Å²) in [5.74, 6) is 0.202. The minimum atomic E-state index is -0.132. The predicted octanol–water partition coefficient (Wildman–Crippen LogP) is 2.92. The highest BCUT2D eigenvalue weighted by molar-refractivity contribution is 5.83. The second-order valence-corrected chi connectivity index (χ2v) is 5.41. The second kappa shape index (κ2) is 6.57. The molecule has 4 heteroatoms. The van der Waals surface area contributed by atoms with Crippen LogP contribution in [0.1, 0.15) is 32.3 Å². The van der Waals surface area contributed by atoms with E-state index in [4.69, 9.17) is 0 Å². The summed E-state index contributed by atoms with van der Waals surface area (Å²) in [6, 6.07) is 9.26. The van der Waals surface area contributed by atoms with Gasteiger partial charge in [-0.15, -0.1) is 0 Å². The lowest BCUT2D eigenvalue weighted by atomic mass is 10.0. The molecule has 0 bridgehead atoms. The summed E-state index contributed by atoms with van der Waals surface area (Å²) in [6.45, 7) is 4.52. The Morgan fingerprint density at radius 3 is 2.57 bits per heavy atom. The van der Waals surface area contributed by atoms with Gasteiger partial charge in [0.2, 0.25) is 11.5 Å². The molecule has 1 heterocycles. The van der Waals surface area contributed by atoms with Gasteiger partial charge in [0.15, 0.2) is 0 Å². The van der Waals surface area contributed by atoms with Crippen LogP contribution in [0.25, 0.3) is 10.9 Å². The van der Waals surface area contributed by atoms with E-state index < -0.39 is 0 Å². The third kappa shape index (κ3) is 3.32. The molecule has 1 aromatic carbocycles. The maximum atomic E-state index is 12.4. The van der Waals surface area contributed by atoms with Crippen LogP contribution < -0.4 is 5.56 Å². The molecule has 0 aliphatic heterocycles. The first-order valence-corrected chi connectivity index (χ1v) is 7.42. The Hall–Kier alpha value is -2.10. The van der Waals surface area contributed by atoms with E-state index in [-0.39, 0.29) is 17.4 Å². The molecule has 0 radical (unpaired) electrons. The number of nitrogens with one attached hydrogen (secondary N) is 1. The van der Waals surface area contributed by atoms with E-state index in [1.54, 1.807) is 18.0 Å². The lowest BCUT2D eigenvalue weighted by molar-refractivity contribution is -0.134. The molecule has 1 N–H and O–H groups in total. The Morgan fingerprint density at radius 2 is 1.90 bits per heavy atom. The van der Waals surface area contributed by atoms with Crippen molar-refractivity contribution in [3.8, 4) is 0 Å². The third-order valence-corrected chi connectivity index (χ3v) is 3.95. The predicted molar refractivity (Wildman–Crippen MR) is 85.1 cm³/mol. The van der Waals surface area contributed by atoms with Crippen molar-refractivity contribution in [3.05, 3.63) is 46.2 Å². The molecule has 2 rings (SSSR count). The number of H-pyrrole nitrogens is 1. The first kappa shape index (κ1) is 15.3. The molecule has 0 aliphatic carbocycles. The molecule has 1 amide bonds. The van der Waals surface area contributed by atoms with Crippen LogP contribution in [0, 0.1) is 5.92 Å². The van der Waals surface area contributed by atoms with Crippen molar-refractivity contribution in [3.63, 3.8) is 0 Å². The fraction of sp³-hybridized carbons (Fsp3) is 0.412. The fourth-order valence-electron chi connectivity index (χ4n) is 2.69. The highest BCUT2D eigenvalue weighted by atomic mass is 16.2. The van der Waals surface area contributed by atoms with Crippen LogP contribution in [0.3, 0.4) is 0 Å². The van der Waals surface area contributed by atoms with Crippen LogP contribution in [0.4, 0.5) is 0 Å². The van der Waals surface area contributed by atoms with E-state index in [9.17, 15) is 9.59 Å². The zero-order valence-corrected chi connectivity index (χ0v) is 12.8. The Balaban J connectivity index is 2.31. The van der Waals surface area contributed by atoms with Crippen LogP contribution in [0.5, 0.6) is 0 Å². The number of hydrogen-bond acceptors (Lipinski definition) is 2. The van der Waals surface area contributed by atoms with Crippen molar-refractivity contribution in [1.29, 1.82) is 0 Å². The molecule has 0 atom stereocenters. The number of hydrogen-bond donors (Lipinski definition) is 1. The van der Waals surface area contributed by atoms with E-state index in [0.717, 1.165) is 29.3 Å². The molecule has 4 nitrogen and oxygen atoms in total. The highest BCUT2D eigenvalue weighted by Gasteiger charge is 2.19. The standard InChI is InChI=1S/C17H22N2O2/c1-4-12(5-2)17(21)19(3)11-13-10-16(20)18-15-9-7-6-8-14(13)15/h6-10,12H,4-5,11H2,1-3H3,(H,18,20). The Bertz CT molecular complexity index is 686. The Labute approximate surface area is 124 Å². The normalized spacial score (nSPS) is 11.0. The number of nitrogens with zero attached hydrogens (tertiary/aromatic N) is 1. The van der Waals surface area contributed by atoms with Crippen LogP contribution in [-0.4, -0.2) is 22.8 Å². The summed E-state index contributed by atoms with van der Waals surface area (Å²) in [5.41, 5.74) is 1.56. The molecule has 0 saturated heterocycles. The number of aromatic amines is 1. The second-order valence-electron chi connectivity index (χ2n) is 5.41. The number of carbonyl (C=O) groups is 1. The molecule has 21 heavy (non-hydrogen) atoms. The van der Waals surface area contributed by atoms with Crippen molar-refractivity contribution < 1.29 is 4.79 Å². The average molecular weight is 286 g/mol. The van der Waals surface area contributed by atoms with Gasteiger partial charge in [0.25, 0.3) is 0 Å². The van der Waals surface area contributed by atoms with Crippen molar-refractivity contribution in [1.82, 2.24) is 9.88 Å². The largest absolute Gasteiger partial charge is 0.341 e. The quantitative estimate of drug-likeness (QED) is 0.918. The van der Waals surface area contributed by atoms with Gasteiger partial charge in [0.05, 0.1) is 0 Å². The van der Waals surface area contributed by atoms with Gasteiger partial charge in [-0.2, -0.15) is 0 Å². The summed E-state index contributed by atoms with van der Waals surface area (Å²) in [5, 5.41) is 0.987. The van der Waals surface area contributed by atoms with Gasteiger partial charge >= 0.3 is 0 Å². The molecule has 0 aliphatic rings. The summed E-state index contributed by atoms with van der Waals surface area (Å²) in [6.07, 6.45) is 1.69. The van der Waals surface area contributed by atoms with E-state index in [0.29, 0.717) is 6.54 Å².